The maximum Gasteiger partial charge on any atom is 0.228 e. The van der Waals surface area contributed by atoms with Crippen molar-refractivity contribution < 1.29 is 9.18 Å². The highest BCUT2D eigenvalue weighted by molar-refractivity contribution is 5.95. The molecule has 0 aliphatic carbocycles. The van der Waals surface area contributed by atoms with Crippen LogP contribution in [0.25, 0.3) is 0 Å². The van der Waals surface area contributed by atoms with Crippen molar-refractivity contribution in [1.82, 2.24) is 15.3 Å². The van der Waals surface area contributed by atoms with E-state index < -0.39 is 0 Å². The number of halogens is 1. The number of aromatic nitrogens is 2. The number of anilines is 1. The van der Waals surface area contributed by atoms with Gasteiger partial charge in [-0.25, -0.2) is 14.4 Å². The summed E-state index contributed by atoms with van der Waals surface area (Å²) in [5.41, 5.74) is 2.88. The number of carbonyl (C=O) groups is 1. The molecule has 3 heterocycles. The van der Waals surface area contributed by atoms with Crippen molar-refractivity contribution in [3.05, 3.63) is 52.7 Å². The number of hydrogen-bond donors (Lipinski definition) is 1. The molecule has 2 aliphatic heterocycles. The van der Waals surface area contributed by atoms with E-state index in [4.69, 9.17) is 4.98 Å². The molecule has 1 aromatic carbocycles. The first-order chi connectivity index (χ1) is 12.1. The summed E-state index contributed by atoms with van der Waals surface area (Å²) < 4.78 is 13.2. The van der Waals surface area contributed by atoms with E-state index in [1.807, 2.05) is 6.92 Å². The predicted octanol–water partition coefficient (Wildman–Crippen LogP) is 2.83. The number of amides is 1. The van der Waals surface area contributed by atoms with Gasteiger partial charge in [-0.1, -0.05) is 12.1 Å². The van der Waals surface area contributed by atoms with Crippen LogP contribution >= 0.6 is 0 Å². The molecule has 0 radical (unpaired) electrons. The van der Waals surface area contributed by atoms with Gasteiger partial charge in [-0.15, -0.1) is 0 Å². The Morgan fingerprint density at radius 3 is 2.76 bits per heavy atom. The van der Waals surface area contributed by atoms with E-state index in [0.717, 1.165) is 47.8 Å². The first-order valence-corrected chi connectivity index (χ1v) is 8.77. The molecule has 25 heavy (non-hydrogen) atoms. The van der Waals surface area contributed by atoms with Crippen molar-refractivity contribution in [1.29, 1.82) is 0 Å². The molecule has 4 rings (SSSR count). The monoisotopic (exact) mass is 340 g/mol. The topological polar surface area (TPSA) is 58.1 Å². The lowest BCUT2D eigenvalue weighted by molar-refractivity contribution is -0.119. The zero-order chi connectivity index (χ0) is 17.4. The lowest BCUT2D eigenvalue weighted by Gasteiger charge is -2.30. The second-order valence-corrected chi connectivity index (χ2v) is 6.72. The van der Waals surface area contributed by atoms with Crippen LogP contribution in [0.15, 0.2) is 24.3 Å². The molecule has 0 saturated carbocycles. The molecule has 0 unspecified atom stereocenters. The quantitative estimate of drug-likeness (QED) is 0.933. The van der Waals surface area contributed by atoms with E-state index in [9.17, 15) is 9.18 Å². The van der Waals surface area contributed by atoms with Crippen LogP contribution in [0, 0.1) is 12.7 Å². The van der Waals surface area contributed by atoms with Crippen molar-refractivity contribution in [2.24, 2.45) is 0 Å². The number of aryl methyl sites for hydroxylation is 1. The zero-order valence-corrected chi connectivity index (χ0v) is 14.3. The Bertz CT molecular complexity index is 800. The van der Waals surface area contributed by atoms with Gasteiger partial charge in [0.05, 0.1) is 12.6 Å². The minimum Gasteiger partial charge on any atom is -0.307 e. The van der Waals surface area contributed by atoms with Gasteiger partial charge in [0.1, 0.15) is 17.5 Å². The van der Waals surface area contributed by atoms with Crippen LogP contribution < -0.4 is 10.2 Å². The number of rotatable bonds is 3. The molecule has 1 aromatic heterocycles. The summed E-state index contributed by atoms with van der Waals surface area (Å²) in [6, 6.07) is 6.43. The van der Waals surface area contributed by atoms with Gasteiger partial charge >= 0.3 is 0 Å². The summed E-state index contributed by atoms with van der Waals surface area (Å²) in [6.45, 7) is 3.37. The van der Waals surface area contributed by atoms with E-state index in [2.05, 4.69) is 10.3 Å². The molecule has 1 N–H and O–H groups in total. The predicted molar refractivity (Wildman–Crippen MR) is 92.7 cm³/mol. The summed E-state index contributed by atoms with van der Waals surface area (Å²) in [7, 11) is 0. The summed E-state index contributed by atoms with van der Waals surface area (Å²) in [4.78, 5) is 23.7. The first kappa shape index (κ1) is 16.1. The van der Waals surface area contributed by atoms with Crippen molar-refractivity contribution >= 4 is 11.7 Å². The number of benzene rings is 1. The summed E-state index contributed by atoms with van der Waals surface area (Å²) >= 11 is 0. The van der Waals surface area contributed by atoms with Gasteiger partial charge in [0.2, 0.25) is 5.91 Å². The van der Waals surface area contributed by atoms with Gasteiger partial charge in [0.15, 0.2) is 0 Å². The minimum absolute atomic E-state index is 0.0558. The van der Waals surface area contributed by atoms with Crippen molar-refractivity contribution in [2.75, 3.05) is 11.4 Å². The maximum atomic E-state index is 13.2. The molecule has 0 bridgehead atoms. The van der Waals surface area contributed by atoms with Crippen LogP contribution in [0.3, 0.4) is 0 Å². The third kappa shape index (κ3) is 3.14. The van der Waals surface area contributed by atoms with Crippen LogP contribution in [0.4, 0.5) is 10.2 Å². The van der Waals surface area contributed by atoms with Gasteiger partial charge in [0, 0.05) is 17.7 Å². The number of hydrogen-bond acceptors (Lipinski definition) is 4. The zero-order valence-electron chi connectivity index (χ0n) is 14.3. The van der Waals surface area contributed by atoms with E-state index in [1.165, 1.54) is 12.1 Å². The number of nitrogens with zero attached hydrogens (tertiary/aromatic N) is 3. The fourth-order valence-corrected chi connectivity index (χ4v) is 3.60. The van der Waals surface area contributed by atoms with E-state index in [-0.39, 0.29) is 17.8 Å². The van der Waals surface area contributed by atoms with Crippen LogP contribution in [0.5, 0.6) is 0 Å². The fraction of sp³-hybridized carbons (Fsp3) is 0.421. The Balaban J connectivity index is 1.71. The largest absolute Gasteiger partial charge is 0.307 e. The molecule has 2 aromatic rings. The summed E-state index contributed by atoms with van der Waals surface area (Å²) in [5, 5.41) is 3.42. The number of nitrogens with one attached hydrogen (secondary N) is 1. The smallest absolute Gasteiger partial charge is 0.228 e. The SMILES string of the molecule is Cc1nc([C@@H]2CCCN2)nc2c1CCC(=O)N2Cc1ccc(F)cc1. The lowest BCUT2D eigenvalue weighted by atomic mass is 10.0. The standard InChI is InChI=1S/C19H21FN4O/c1-12-15-8-9-17(25)24(11-13-4-6-14(20)7-5-13)19(15)23-18(22-12)16-3-2-10-21-16/h4-7,16,21H,2-3,8-11H2,1H3/t16-/m0/s1. The van der Waals surface area contributed by atoms with Gasteiger partial charge in [-0.3, -0.25) is 9.69 Å². The number of fused-ring (bicyclic) bond motifs is 1. The highest BCUT2D eigenvalue weighted by Crippen LogP contribution is 2.31. The average molecular weight is 340 g/mol. The summed E-state index contributed by atoms with van der Waals surface area (Å²) in [6.07, 6.45) is 3.27. The Hall–Kier alpha value is -2.34. The fourth-order valence-electron chi connectivity index (χ4n) is 3.60. The molecule has 0 spiro atoms. The average Bonchev–Trinajstić information content (AvgIpc) is 3.14. The molecule has 5 nitrogen and oxygen atoms in total. The summed E-state index contributed by atoms with van der Waals surface area (Å²) in [5.74, 6) is 1.27. The normalized spacial score (nSPS) is 20.0. The van der Waals surface area contributed by atoms with Crippen LogP contribution in [-0.2, 0) is 17.8 Å². The van der Waals surface area contributed by atoms with Gasteiger partial charge in [-0.05, 0) is 50.4 Å². The van der Waals surface area contributed by atoms with Crippen molar-refractivity contribution in [3.8, 4) is 0 Å². The van der Waals surface area contributed by atoms with E-state index >= 15 is 0 Å². The van der Waals surface area contributed by atoms with Gasteiger partial charge < -0.3 is 5.32 Å². The Morgan fingerprint density at radius 1 is 1.24 bits per heavy atom. The lowest BCUT2D eigenvalue weighted by Crippen LogP contribution is -2.36. The second kappa shape index (κ2) is 6.52. The Kier molecular flexibility index (Phi) is 4.21. The van der Waals surface area contributed by atoms with E-state index in [1.54, 1.807) is 17.0 Å². The molecule has 1 atom stereocenters. The van der Waals surface area contributed by atoms with Crippen molar-refractivity contribution in [2.45, 2.75) is 45.2 Å². The highest BCUT2D eigenvalue weighted by atomic mass is 19.1. The highest BCUT2D eigenvalue weighted by Gasteiger charge is 2.30. The molecule has 130 valence electrons. The molecular weight excluding hydrogens is 319 g/mol. The van der Waals surface area contributed by atoms with Crippen molar-refractivity contribution in [3.63, 3.8) is 0 Å². The molecule has 1 fully saturated rings. The van der Waals surface area contributed by atoms with Crippen LogP contribution in [0.1, 0.15) is 47.9 Å². The second-order valence-electron chi connectivity index (χ2n) is 6.72. The Labute approximate surface area is 146 Å². The minimum atomic E-state index is -0.276. The van der Waals surface area contributed by atoms with Crippen LogP contribution in [-0.4, -0.2) is 22.4 Å². The Morgan fingerprint density at radius 2 is 2.04 bits per heavy atom. The van der Waals surface area contributed by atoms with E-state index in [0.29, 0.717) is 19.4 Å². The molecule has 2 aliphatic rings. The molecular formula is C19H21FN4O. The third-order valence-electron chi connectivity index (χ3n) is 4.98. The third-order valence-corrected chi connectivity index (χ3v) is 4.98. The molecule has 1 saturated heterocycles. The van der Waals surface area contributed by atoms with Gasteiger partial charge in [-0.2, -0.15) is 0 Å². The van der Waals surface area contributed by atoms with Gasteiger partial charge in [0.25, 0.3) is 0 Å². The molecule has 1 amide bonds. The molecule has 6 heteroatoms. The first-order valence-electron chi connectivity index (χ1n) is 8.77. The number of carbonyl (C=O) groups excluding carboxylic acids is 1. The maximum absolute atomic E-state index is 13.2. The van der Waals surface area contributed by atoms with Crippen LogP contribution in [0.2, 0.25) is 0 Å².